The van der Waals surface area contributed by atoms with E-state index >= 15 is 0 Å². The Bertz CT molecular complexity index is 382. The second-order valence-corrected chi connectivity index (χ2v) is 4.29. The van der Waals surface area contributed by atoms with Crippen LogP contribution in [0.15, 0.2) is 24.3 Å². The third kappa shape index (κ3) is 5.49. The molecule has 1 aromatic carbocycles. The standard InChI is InChI=1S/C14H22N2O2.ClH/c1-4-13(15)14(17)16(3)10-11-6-8-12(9-7-11)18-5-2;/h6-9,13H,4-5,10,15H2,1-3H3;1H/t13-;/m0./s1. The van der Waals surface area contributed by atoms with Crippen molar-refractivity contribution in [1.29, 1.82) is 0 Å². The van der Waals surface area contributed by atoms with Crippen LogP contribution in [0.3, 0.4) is 0 Å². The van der Waals surface area contributed by atoms with Gasteiger partial charge in [-0.15, -0.1) is 12.4 Å². The van der Waals surface area contributed by atoms with Gasteiger partial charge in [0, 0.05) is 13.6 Å². The first kappa shape index (κ1) is 17.7. The molecule has 0 heterocycles. The molecule has 0 unspecified atom stereocenters. The molecular formula is C14H23ClN2O2. The summed E-state index contributed by atoms with van der Waals surface area (Å²) in [6, 6.07) is 7.35. The normalized spacial score (nSPS) is 11.4. The van der Waals surface area contributed by atoms with Gasteiger partial charge in [0.1, 0.15) is 5.75 Å². The summed E-state index contributed by atoms with van der Waals surface area (Å²) in [5.41, 5.74) is 6.79. The third-order valence-corrected chi connectivity index (χ3v) is 2.79. The second kappa shape index (κ2) is 8.77. The van der Waals surface area contributed by atoms with Gasteiger partial charge >= 0.3 is 0 Å². The van der Waals surface area contributed by atoms with E-state index < -0.39 is 6.04 Å². The van der Waals surface area contributed by atoms with E-state index in [2.05, 4.69) is 0 Å². The fourth-order valence-electron chi connectivity index (χ4n) is 1.67. The Morgan fingerprint density at radius 3 is 2.37 bits per heavy atom. The number of benzene rings is 1. The fourth-order valence-corrected chi connectivity index (χ4v) is 1.67. The van der Waals surface area contributed by atoms with Gasteiger partial charge in [0.05, 0.1) is 12.6 Å². The average Bonchev–Trinajstić information content (AvgIpc) is 2.39. The van der Waals surface area contributed by atoms with Crippen molar-refractivity contribution >= 4 is 18.3 Å². The molecule has 0 saturated carbocycles. The molecule has 1 atom stereocenters. The summed E-state index contributed by atoms with van der Waals surface area (Å²) in [7, 11) is 1.77. The zero-order valence-corrected chi connectivity index (χ0v) is 12.6. The molecule has 1 rings (SSSR count). The Morgan fingerprint density at radius 1 is 1.32 bits per heavy atom. The number of nitrogens with two attached hydrogens (primary N) is 1. The summed E-state index contributed by atoms with van der Waals surface area (Å²) in [6.07, 6.45) is 0.659. The zero-order chi connectivity index (χ0) is 13.5. The molecule has 4 nitrogen and oxygen atoms in total. The molecule has 19 heavy (non-hydrogen) atoms. The minimum Gasteiger partial charge on any atom is -0.494 e. The Kier molecular flexibility index (Phi) is 8.19. The van der Waals surface area contributed by atoms with Crippen LogP contribution >= 0.6 is 12.4 Å². The summed E-state index contributed by atoms with van der Waals surface area (Å²) < 4.78 is 5.37. The molecule has 0 aromatic heterocycles. The molecule has 0 spiro atoms. The van der Waals surface area contributed by atoms with E-state index in [9.17, 15) is 4.79 Å². The van der Waals surface area contributed by atoms with Gasteiger partial charge in [-0.2, -0.15) is 0 Å². The molecule has 0 radical (unpaired) electrons. The minimum absolute atomic E-state index is 0. The molecule has 0 bridgehead atoms. The van der Waals surface area contributed by atoms with Crippen LogP contribution in [0.4, 0.5) is 0 Å². The first-order valence-corrected chi connectivity index (χ1v) is 6.30. The number of carbonyl (C=O) groups excluding carboxylic acids is 1. The predicted molar refractivity (Wildman–Crippen MR) is 79.6 cm³/mol. The van der Waals surface area contributed by atoms with Crippen LogP contribution in [-0.2, 0) is 11.3 Å². The van der Waals surface area contributed by atoms with Crippen LogP contribution in [0.1, 0.15) is 25.8 Å². The fraction of sp³-hybridized carbons (Fsp3) is 0.500. The maximum atomic E-state index is 11.8. The highest BCUT2D eigenvalue weighted by Gasteiger charge is 2.15. The highest BCUT2D eigenvalue weighted by atomic mass is 35.5. The monoisotopic (exact) mass is 286 g/mol. The molecule has 0 aliphatic rings. The number of ether oxygens (including phenoxy) is 1. The SMILES string of the molecule is CCOc1ccc(CN(C)C(=O)[C@@H](N)CC)cc1.Cl. The smallest absolute Gasteiger partial charge is 0.239 e. The number of likely N-dealkylation sites (N-methyl/N-ethyl adjacent to an activating group) is 1. The van der Waals surface area contributed by atoms with Crippen molar-refractivity contribution in [2.24, 2.45) is 5.73 Å². The van der Waals surface area contributed by atoms with Gasteiger partial charge in [-0.25, -0.2) is 0 Å². The van der Waals surface area contributed by atoms with E-state index in [-0.39, 0.29) is 18.3 Å². The van der Waals surface area contributed by atoms with Gasteiger partial charge in [0.15, 0.2) is 0 Å². The lowest BCUT2D eigenvalue weighted by atomic mass is 10.1. The number of amides is 1. The van der Waals surface area contributed by atoms with Crippen LogP contribution in [0.25, 0.3) is 0 Å². The zero-order valence-electron chi connectivity index (χ0n) is 11.8. The van der Waals surface area contributed by atoms with Crippen LogP contribution in [0, 0.1) is 0 Å². The molecule has 5 heteroatoms. The van der Waals surface area contributed by atoms with Crippen molar-refractivity contribution in [3.63, 3.8) is 0 Å². The van der Waals surface area contributed by atoms with Gasteiger partial charge in [-0.05, 0) is 31.0 Å². The van der Waals surface area contributed by atoms with Gasteiger partial charge in [0.25, 0.3) is 0 Å². The Hall–Kier alpha value is -1.26. The van der Waals surface area contributed by atoms with Crippen molar-refractivity contribution in [2.75, 3.05) is 13.7 Å². The summed E-state index contributed by atoms with van der Waals surface area (Å²) in [5.74, 6) is 0.826. The first-order chi connectivity index (χ1) is 8.58. The van der Waals surface area contributed by atoms with E-state index in [1.165, 1.54) is 0 Å². The number of hydrogen-bond donors (Lipinski definition) is 1. The molecule has 108 valence electrons. The van der Waals surface area contributed by atoms with Gasteiger partial charge in [-0.1, -0.05) is 19.1 Å². The first-order valence-electron chi connectivity index (χ1n) is 6.30. The van der Waals surface area contributed by atoms with Crippen molar-refractivity contribution in [3.05, 3.63) is 29.8 Å². The maximum absolute atomic E-state index is 11.8. The van der Waals surface area contributed by atoms with E-state index in [1.54, 1.807) is 11.9 Å². The quantitative estimate of drug-likeness (QED) is 0.872. The van der Waals surface area contributed by atoms with Crippen molar-refractivity contribution in [2.45, 2.75) is 32.9 Å². The summed E-state index contributed by atoms with van der Waals surface area (Å²) in [5, 5.41) is 0. The predicted octanol–water partition coefficient (Wildman–Crippen LogP) is 2.20. The number of nitrogens with zero attached hydrogens (tertiary/aromatic N) is 1. The van der Waals surface area contributed by atoms with E-state index in [0.29, 0.717) is 19.6 Å². The van der Waals surface area contributed by atoms with Crippen LogP contribution < -0.4 is 10.5 Å². The molecule has 0 saturated heterocycles. The highest BCUT2D eigenvalue weighted by molar-refractivity contribution is 5.85. The van der Waals surface area contributed by atoms with Crippen LogP contribution in [0.2, 0.25) is 0 Å². The number of hydrogen-bond acceptors (Lipinski definition) is 3. The Morgan fingerprint density at radius 2 is 1.89 bits per heavy atom. The Labute approximate surface area is 121 Å². The number of carbonyl (C=O) groups is 1. The lowest BCUT2D eigenvalue weighted by Gasteiger charge is -2.20. The largest absolute Gasteiger partial charge is 0.494 e. The van der Waals surface area contributed by atoms with E-state index in [4.69, 9.17) is 10.5 Å². The lowest BCUT2D eigenvalue weighted by molar-refractivity contribution is -0.131. The van der Waals surface area contributed by atoms with Crippen molar-refractivity contribution in [1.82, 2.24) is 4.90 Å². The molecule has 2 N–H and O–H groups in total. The van der Waals surface area contributed by atoms with E-state index in [0.717, 1.165) is 11.3 Å². The van der Waals surface area contributed by atoms with Gasteiger partial charge in [0.2, 0.25) is 5.91 Å². The Balaban J connectivity index is 0.00000324. The molecule has 0 aliphatic heterocycles. The topological polar surface area (TPSA) is 55.6 Å². The van der Waals surface area contributed by atoms with Crippen LogP contribution in [-0.4, -0.2) is 30.5 Å². The second-order valence-electron chi connectivity index (χ2n) is 4.29. The maximum Gasteiger partial charge on any atom is 0.239 e. The summed E-state index contributed by atoms with van der Waals surface area (Å²) in [4.78, 5) is 13.5. The minimum atomic E-state index is -0.405. The van der Waals surface area contributed by atoms with Crippen LogP contribution in [0.5, 0.6) is 5.75 Å². The highest BCUT2D eigenvalue weighted by Crippen LogP contribution is 2.13. The van der Waals surface area contributed by atoms with Crippen molar-refractivity contribution < 1.29 is 9.53 Å². The summed E-state index contributed by atoms with van der Waals surface area (Å²) in [6.45, 7) is 5.09. The van der Waals surface area contributed by atoms with Gasteiger partial charge < -0.3 is 15.4 Å². The molecule has 0 aliphatic carbocycles. The van der Waals surface area contributed by atoms with Crippen molar-refractivity contribution in [3.8, 4) is 5.75 Å². The molecular weight excluding hydrogens is 264 g/mol. The van der Waals surface area contributed by atoms with E-state index in [1.807, 2.05) is 38.1 Å². The number of rotatable bonds is 6. The summed E-state index contributed by atoms with van der Waals surface area (Å²) >= 11 is 0. The number of halogens is 1. The molecule has 0 fully saturated rings. The third-order valence-electron chi connectivity index (χ3n) is 2.79. The molecule has 1 aromatic rings. The average molecular weight is 287 g/mol. The van der Waals surface area contributed by atoms with Gasteiger partial charge in [-0.3, -0.25) is 4.79 Å². The molecule has 1 amide bonds. The lowest BCUT2D eigenvalue weighted by Crippen LogP contribution is -2.40.